The zero-order chi connectivity index (χ0) is 25.7. The van der Waals surface area contributed by atoms with Crippen LogP contribution in [0.25, 0.3) is 0 Å². The Morgan fingerprint density at radius 2 is 1.38 bits per heavy atom. The van der Waals surface area contributed by atoms with E-state index in [9.17, 15) is 9.59 Å². The highest BCUT2D eigenvalue weighted by Gasteiger charge is 2.49. The number of rotatable bonds is 8. The van der Waals surface area contributed by atoms with Crippen LogP contribution in [0.4, 0.5) is 5.69 Å². The maximum Gasteiger partial charge on any atom is 0.261 e. The molecule has 1 aliphatic rings. The third kappa shape index (κ3) is 5.04. The van der Waals surface area contributed by atoms with Gasteiger partial charge >= 0.3 is 0 Å². The number of benzene rings is 2. The molecule has 2 aromatic carbocycles. The van der Waals surface area contributed by atoms with Crippen LogP contribution >= 0.6 is 0 Å². The number of amidine groups is 1. The van der Waals surface area contributed by atoms with Gasteiger partial charge in [-0.05, 0) is 59.7 Å². The van der Waals surface area contributed by atoms with Gasteiger partial charge in [-0.3, -0.25) is 29.4 Å². The molecule has 0 spiro atoms. The molecule has 0 saturated carbocycles. The van der Waals surface area contributed by atoms with Crippen LogP contribution in [0, 0.1) is 11.3 Å². The number of ketones is 1. The summed E-state index contributed by atoms with van der Waals surface area (Å²) in [6, 6.07) is 25.3. The second kappa shape index (κ2) is 10.3. The molecule has 0 unspecified atom stereocenters. The highest BCUT2D eigenvalue weighted by molar-refractivity contribution is 6.29. The van der Waals surface area contributed by atoms with E-state index in [1.54, 1.807) is 54.0 Å². The number of carbonyl (C=O) groups excluding carboxylic acids is 2. The van der Waals surface area contributed by atoms with Crippen LogP contribution < -0.4 is 4.90 Å². The van der Waals surface area contributed by atoms with E-state index in [0.29, 0.717) is 35.5 Å². The topological polar surface area (TPSA) is 99.3 Å². The van der Waals surface area contributed by atoms with Crippen molar-refractivity contribution in [2.75, 3.05) is 4.90 Å². The van der Waals surface area contributed by atoms with E-state index < -0.39 is 5.54 Å². The number of amides is 1. The first kappa shape index (κ1) is 23.8. The van der Waals surface area contributed by atoms with Gasteiger partial charge in [-0.15, -0.1) is 0 Å². The molecule has 7 nitrogen and oxygen atoms in total. The van der Waals surface area contributed by atoms with Crippen LogP contribution in [0.5, 0.6) is 0 Å². The lowest BCUT2D eigenvalue weighted by atomic mass is 9.85. The molecule has 180 valence electrons. The van der Waals surface area contributed by atoms with Crippen molar-refractivity contribution in [1.29, 1.82) is 5.26 Å². The first-order chi connectivity index (χ1) is 18.1. The molecular formula is C30H23N5O2. The summed E-state index contributed by atoms with van der Waals surface area (Å²) in [5.41, 5.74) is 2.30. The van der Waals surface area contributed by atoms with Crippen molar-refractivity contribution in [3.05, 3.63) is 126 Å². The van der Waals surface area contributed by atoms with Crippen molar-refractivity contribution in [3.8, 4) is 6.07 Å². The van der Waals surface area contributed by atoms with E-state index in [1.165, 1.54) is 0 Å². The Hall–Kier alpha value is -4.96. The number of aromatic nitrogens is 2. The fraction of sp³-hybridized carbons (Fsp3) is 0.133. The van der Waals surface area contributed by atoms with Gasteiger partial charge in [0.15, 0.2) is 5.78 Å². The number of carbonyl (C=O) groups is 2. The van der Waals surface area contributed by atoms with Gasteiger partial charge in [0.2, 0.25) is 0 Å². The van der Waals surface area contributed by atoms with Crippen LogP contribution in [-0.2, 0) is 17.6 Å². The second-order valence-electron chi connectivity index (χ2n) is 8.89. The SMILES string of the molecule is N#Cc1ccc(C(=O)CC2=NC(Cc3ccncc3)(Cc3ccncc3)C(=O)N2c2ccccc2)cc1. The molecule has 1 amide bonds. The van der Waals surface area contributed by atoms with Gasteiger partial charge in [-0.2, -0.15) is 5.26 Å². The standard InChI is InChI=1S/C30H23N5O2/c31-21-24-6-8-25(9-7-24)27(36)18-28-34-30(19-22-10-14-32-15-11-22,20-23-12-16-33-17-13-23)29(37)35(28)26-4-2-1-3-5-26/h1-17H,18-20H2. The van der Waals surface area contributed by atoms with Gasteiger partial charge in [0.1, 0.15) is 11.4 Å². The number of pyridine rings is 2. The maximum absolute atomic E-state index is 14.3. The van der Waals surface area contributed by atoms with E-state index in [1.807, 2.05) is 54.6 Å². The van der Waals surface area contributed by atoms with Crippen LogP contribution in [-0.4, -0.2) is 33.0 Å². The summed E-state index contributed by atoms with van der Waals surface area (Å²) in [4.78, 5) is 42.4. The summed E-state index contributed by atoms with van der Waals surface area (Å²) >= 11 is 0. The fourth-order valence-electron chi connectivity index (χ4n) is 4.58. The van der Waals surface area contributed by atoms with Crippen molar-refractivity contribution in [2.45, 2.75) is 24.8 Å². The molecule has 0 radical (unpaired) electrons. The molecule has 4 aromatic rings. The Bertz CT molecular complexity index is 1440. The van der Waals surface area contributed by atoms with Crippen LogP contribution in [0.1, 0.15) is 33.5 Å². The van der Waals surface area contributed by atoms with Crippen molar-refractivity contribution in [1.82, 2.24) is 9.97 Å². The minimum Gasteiger partial charge on any atom is -0.294 e. The lowest BCUT2D eigenvalue weighted by Crippen LogP contribution is -2.46. The summed E-state index contributed by atoms with van der Waals surface area (Å²) in [6.45, 7) is 0. The van der Waals surface area contributed by atoms with Crippen molar-refractivity contribution in [3.63, 3.8) is 0 Å². The molecule has 2 aromatic heterocycles. The van der Waals surface area contributed by atoms with Crippen LogP contribution in [0.3, 0.4) is 0 Å². The van der Waals surface area contributed by atoms with E-state index in [4.69, 9.17) is 10.3 Å². The smallest absolute Gasteiger partial charge is 0.261 e. The van der Waals surface area contributed by atoms with Crippen molar-refractivity contribution >= 4 is 23.2 Å². The van der Waals surface area contributed by atoms with Crippen LogP contribution in [0.15, 0.2) is 109 Å². The van der Waals surface area contributed by atoms with Gasteiger partial charge in [0, 0.05) is 43.2 Å². The Kier molecular flexibility index (Phi) is 6.64. The van der Waals surface area contributed by atoms with Gasteiger partial charge < -0.3 is 0 Å². The second-order valence-corrected chi connectivity index (χ2v) is 8.89. The van der Waals surface area contributed by atoms with Gasteiger partial charge in [-0.1, -0.05) is 30.3 Å². The number of para-hydroxylation sites is 1. The number of anilines is 1. The Balaban J connectivity index is 1.58. The molecule has 0 aliphatic carbocycles. The Morgan fingerprint density at radius 3 is 1.92 bits per heavy atom. The summed E-state index contributed by atoms with van der Waals surface area (Å²) in [5, 5.41) is 9.08. The summed E-state index contributed by atoms with van der Waals surface area (Å²) in [5.74, 6) is 0.0317. The van der Waals surface area contributed by atoms with E-state index >= 15 is 0 Å². The summed E-state index contributed by atoms with van der Waals surface area (Å²) in [7, 11) is 0. The average molecular weight is 486 g/mol. The molecule has 0 bridgehead atoms. The Morgan fingerprint density at radius 1 is 0.811 bits per heavy atom. The maximum atomic E-state index is 14.3. The van der Waals surface area contributed by atoms with Gasteiger partial charge in [0.05, 0.1) is 23.7 Å². The number of nitrogens with zero attached hydrogens (tertiary/aromatic N) is 5. The molecule has 0 saturated heterocycles. The summed E-state index contributed by atoms with van der Waals surface area (Å²) in [6.07, 6.45) is 7.45. The fourth-order valence-corrected chi connectivity index (χ4v) is 4.58. The van der Waals surface area contributed by atoms with E-state index in [0.717, 1.165) is 11.1 Å². The van der Waals surface area contributed by atoms with E-state index in [-0.39, 0.29) is 18.1 Å². The predicted octanol–water partition coefficient (Wildman–Crippen LogP) is 4.59. The number of nitriles is 1. The highest BCUT2D eigenvalue weighted by Crippen LogP contribution is 2.35. The monoisotopic (exact) mass is 485 g/mol. The largest absolute Gasteiger partial charge is 0.294 e. The first-order valence-corrected chi connectivity index (χ1v) is 11.9. The molecule has 5 rings (SSSR count). The number of hydrogen-bond donors (Lipinski definition) is 0. The molecule has 37 heavy (non-hydrogen) atoms. The third-order valence-corrected chi connectivity index (χ3v) is 6.36. The molecule has 3 heterocycles. The number of aliphatic imine (C=N–C) groups is 1. The molecular weight excluding hydrogens is 462 g/mol. The number of hydrogen-bond acceptors (Lipinski definition) is 6. The first-order valence-electron chi connectivity index (χ1n) is 11.9. The average Bonchev–Trinajstić information content (AvgIpc) is 3.20. The Labute approximate surface area is 214 Å². The predicted molar refractivity (Wildman–Crippen MR) is 140 cm³/mol. The lowest BCUT2D eigenvalue weighted by molar-refractivity contribution is -0.121. The summed E-state index contributed by atoms with van der Waals surface area (Å²) < 4.78 is 0. The molecule has 7 heteroatoms. The molecule has 1 aliphatic heterocycles. The molecule has 0 N–H and O–H groups in total. The van der Waals surface area contributed by atoms with Crippen LogP contribution in [0.2, 0.25) is 0 Å². The van der Waals surface area contributed by atoms with Crippen molar-refractivity contribution in [2.24, 2.45) is 4.99 Å². The molecule has 0 atom stereocenters. The lowest BCUT2D eigenvalue weighted by Gasteiger charge is -2.27. The quantitative estimate of drug-likeness (QED) is 0.340. The zero-order valence-electron chi connectivity index (χ0n) is 20.0. The minimum atomic E-state index is -1.14. The third-order valence-electron chi connectivity index (χ3n) is 6.36. The minimum absolute atomic E-state index is 0.0546. The highest BCUT2D eigenvalue weighted by atomic mass is 16.2. The normalized spacial score (nSPS) is 14.2. The van der Waals surface area contributed by atoms with Crippen molar-refractivity contribution < 1.29 is 9.59 Å². The van der Waals surface area contributed by atoms with E-state index in [2.05, 4.69) is 16.0 Å². The van der Waals surface area contributed by atoms with Gasteiger partial charge in [-0.25, -0.2) is 0 Å². The van der Waals surface area contributed by atoms with Gasteiger partial charge in [0.25, 0.3) is 5.91 Å². The zero-order valence-corrected chi connectivity index (χ0v) is 20.0. The molecule has 0 fully saturated rings. The number of Topliss-reactive ketones (excluding diaryl/α,β-unsaturated/α-hetero) is 1.